The molecule has 2 aliphatic rings. The molecule has 2 aliphatic heterocycles. The number of carboxylic acids is 2. The Bertz CT molecular complexity index is 1020. The fraction of sp³-hybridized carbons (Fsp3) is 0.500. The van der Waals surface area contributed by atoms with Gasteiger partial charge in [0.15, 0.2) is 0 Å². The highest BCUT2D eigenvalue weighted by atomic mass is 16.5. The molecule has 0 spiro atoms. The van der Waals surface area contributed by atoms with Crippen molar-refractivity contribution in [3.63, 3.8) is 0 Å². The SMILES string of the molecule is Cn1cc([C@@H](C(=O)O)N2CCN(CC(=O)N3CCOCC3)CC2)c2cc(C(=O)O)ccc21. The minimum absolute atomic E-state index is 0.0757. The zero-order valence-corrected chi connectivity index (χ0v) is 18.1. The molecule has 1 aromatic heterocycles. The average Bonchev–Trinajstić information content (AvgIpc) is 3.11. The maximum Gasteiger partial charge on any atom is 0.335 e. The maximum absolute atomic E-state index is 12.5. The lowest BCUT2D eigenvalue weighted by molar-refractivity contribution is -0.145. The van der Waals surface area contributed by atoms with E-state index < -0.39 is 18.0 Å². The Balaban J connectivity index is 1.49. The van der Waals surface area contributed by atoms with Gasteiger partial charge in [0, 0.05) is 69.0 Å². The molecule has 2 saturated heterocycles. The fourth-order valence-corrected chi connectivity index (χ4v) is 4.54. The number of piperazine rings is 1. The van der Waals surface area contributed by atoms with Gasteiger partial charge in [-0.2, -0.15) is 0 Å². The molecule has 1 amide bonds. The van der Waals surface area contributed by atoms with Crippen molar-refractivity contribution in [2.75, 3.05) is 59.0 Å². The molecular weight excluding hydrogens is 416 g/mol. The standard InChI is InChI=1S/C22H28N4O6/c1-23-13-17(16-12-15(21(28)29)2-3-18(16)23)20(22(30)31)26-6-4-24(5-7-26)14-19(27)25-8-10-32-11-9-25/h2-3,12-13,20H,4-11,14H2,1H3,(H,28,29)(H,30,31)/t20-/m0/s1. The molecule has 1 atom stereocenters. The zero-order chi connectivity index (χ0) is 22.8. The van der Waals surface area contributed by atoms with Gasteiger partial charge in [0.25, 0.3) is 0 Å². The Kier molecular flexibility index (Phi) is 6.45. The van der Waals surface area contributed by atoms with Crippen LogP contribution in [0.15, 0.2) is 24.4 Å². The van der Waals surface area contributed by atoms with Crippen LogP contribution < -0.4 is 0 Å². The number of aryl methyl sites for hydroxylation is 1. The number of carbonyl (C=O) groups excluding carboxylic acids is 1. The summed E-state index contributed by atoms with van der Waals surface area (Å²) in [5.41, 5.74) is 1.49. The van der Waals surface area contributed by atoms with Gasteiger partial charge in [-0.15, -0.1) is 0 Å². The number of fused-ring (bicyclic) bond motifs is 1. The minimum atomic E-state index is -1.05. The fourth-order valence-electron chi connectivity index (χ4n) is 4.54. The van der Waals surface area contributed by atoms with Crippen molar-refractivity contribution in [1.82, 2.24) is 19.3 Å². The van der Waals surface area contributed by atoms with Crippen LogP contribution in [0.25, 0.3) is 10.9 Å². The van der Waals surface area contributed by atoms with E-state index in [4.69, 9.17) is 4.74 Å². The molecule has 3 heterocycles. The van der Waals surface area contributed by atoms with E-state index in [1.807, 2.05) is 21.4 Å². The Labute approximate surface area is 185 Å². The number of hydrogen-bond acceptors (Lipinski definition) is 6. The first-order valence-corrected chi connectivity index (χ1v) is 10.7. The summed E-state index contributed by atoms with van der Waals surface area (Å²) in [7, 11) is 1.82. The third kappa shape index (κ3) is 4.47. The van der Waals surface area contributed by atoms with Crippen molar-refractivity contribution in [2.24, 2.45) is 7.05 Å². The van der Waals surface area contributed by atoms with Gasteiger partial charge >= 0.3 is 11.9 Å². The van der Waals surface area contributed by atoms with Crippen molar-refractivity contribution in [3.05, 3.63) is 35.5 Å². The monoisotopic (exact) mass is 444 g/mol. The molecule has 4 rings (SSSR count). The van der Waals surface area contributed by atoms with Crippen LogP contribution in [0.5, 0.6) is 0 Å². The molecule has 0 unspecified atom stereocenters. The summed E-state index contributed by atoms with van der Waals surface area (Å²) < 4.78 is 7.12. The number of carbonyl (C=O) groups is 3. The number of aromatic carboxylic acids is 1. The van der Waals surface area contributed by atoms with E-state index in [2.05, 4.69) is 4.90 Å². The van der Waals surface area contributed by atoms with Crippen LogP contribution in [0.3, 0.4) is 0 Å². The van der Waals surface area contributed by atoms with Crippen LogP contribution in [0.2, 0.25) is 0 Å². The lowest BCUT2D eigenvalue weighted by Gasteiger charge is -2.38. The van der Waals surface area contributed by atoms with E-state index in [1.54, 1.807) is 18.3 Å². The van der Waals surface area contributed by atoms with Gasteiger partial charge in [0.05, 0.1) is 25.3 Å². The molecular formula is C22H28N4O6. The van der Waals surface area contributed by atoms with Crippen molar-refractivity contribution in [1.29, 1.82) is 0 Å². The first-order valence-electron chi connectivity index (χ1n) is 10.7. The first-order chi connectivity index (χ1) is 15.3. The zero-order valence-electron chi connectivity index (χ0n) is 18.1. The number of hydrogen-bond donors (Lipinski definition) is 2. The number of amides is 1. The lowest BCUT2D eigenvalue weighted by Crippen LogP contribution is -2.52. The van der Waals surface area contributed by atoms with Crippen LogP contribution in [0.4, 0.5) is 0 Å². The highest BCUT2D eigenvalue weighted by molar-refractivity contribution is 5.96. The maximum atomic E-state index is 12.5. The number of nitrogens with zero attached hydrogens (tertiary/aromatic N) is 4. The number of benzene rings is 1. The Morgan fingerprint density at radius 2 is 1.72 bits per heavy atom. The summed E-state index contributed by atoms with van der Waals surface area (Å²) in [5, 5.41) is 20.0. The van der Waals surface area contributed by atoms with Crippen molar-refractivity contribution >= 4 is 28.7 Å². The molecule has 0 saturated carbocycles. The van der Waals surface area contributed by atoms with Gasteiger partial charge in [-0.3, -0.25) is 19.4 Å². The van der Waals surface area contributed by atoms with Crippen LogP contribution >= 0.6 is 0 Å². The second kappa shape index (κ2) is 9.27. The van der Waals surface area contributed by atoms with E-state index in [-0.39, 0.29) is 11.5 Å². The van der Waals surface area contributed by atoms with Gasteiger partial charge < -0.3 is 24.4 Å². The Morgan fingerprint density at radius 3 is 2.34 bits per heavy atom. The smallest absolute Gasteiger partial charge is 0.335 e. The van der Waals surface area contributed by atoms with E-state index >= 15 is 0 Å². The van der Waals surface area contributed by atoms with Crippen LogP contribution in [0.1, 0.15) is 22.0 Å². The number of ether oxygens (including phenoxy) is 1. The number of rotatable bonds is 6. The largest absolute Gasteiger partial charge is 0.480 e. The number of aromatic nitrogens is 1. The molecule has 2 N–H and O–H groups in total. The lowest BCUT2D eigenvalue weighted by atomic mass is 10.0. The summed E-state index contributed by atoms with van der Waals surface area (Å²) in [6.07, 6.45) is 1.77. The molecule has 0 aliphatic carbocycles. The second-order valence-electron chi connectivity index (χ2n) is 8.28. The summed E-state index contributed by atoms with van der Waals surface area (Å²) >= 11 is 0. The van der Waals surface area contributed by atoms with Gasteiger partial charge in [0.2, 0.25) is 5.91 Å². The molecule has 32 heavy (non-hydrogen) atoms. The highest BCUT2D eigenvalue weighted by Crippen LogP contribution is 2.31. The van der Waals surface area contributed by atoms with Crippen LogP contribution in [-0.2, 0) is 21.4 Å². The normalized spacial score (nSPS) is 19.2. The molecule has 2 aromatic rings. The quantitative estimate of drug-likeness (QED) is 0.661. The predicted octanol–water partition coefficient (Wildman–Crippen LogP) is 0.479. The van der Waals surface area contributed by atoms with Crippen molar-refractivity contribution in [2.45, 2.75) is 6.04 Å². The average molecular weight is 444 g/mol. The molecule has 10 heteroatoms. The molecule has 1 aromatic carbocycles. The van der Waals surface area contributed by atoms with Crippen LogP contribution in [0, 0.1) is 0 Å². The summed E-state index contributed by atoms with van der Waals surface area (Å²) in [6, 6.07) is 3.88. The van der Waals surface area contributed by atoms with E-state index in [1.165, 1.54) is 6.07 Å². The Hall–Kier alpha value is -2.95. The van der Waals surface area contributed by atoms with Crippen molar-refractivity contribution < 1.29 is 29.3 Å². The van der Waals surface area contributed by atoms with E-state index in [0.29, 0.717) is 70.0 Å². The third-order valence-corrected chi connectivity index (χ3v) is 6.29. The topological polar surface area (TPSA) is 116 Å². The van der Waals surface area contributed by atoms with Crippen LogP contribution in [-0.4, -0.2) is 106 Å². The molecule has 0 radical (unpaired) electrons. The highest BCUT2D eigenvalue weighted by Gasteiger charge is 2.33. The number of aliphatic carboxylic acids is 1. The summed E-state index contributed by atoms with van der Waals surface area (Å²) in [4.78, 5) is 42.0. The summed E-state index contributed by atoms with van der Waals surface area (Å²) in [5.74, 6) is -1.95. The van der Waals surface area contributed by atoms with Crippen molar-refractivity contribution in [3.8, 4) is 0 Å². The molecule has 172 valence electrons. The molecule has 10 nitrogen and oxygen atoms in total. The third-order valence-electron chi connectivity index (χ3n) is 6.29. The first kappa shape index (κ1) is 22.3. The minimum Gasteiger partial charge on any atom is -0.480 e. The molecule has 2 fully saturated rings. The van der Waals surface area contributed by atoms with Gasteiger partial charge in [-0.25, -0.2) is 4.79 Å². The number of morpholine rings is 1. The van der Waals surface area contributed by atoms with Gasteiger partial charge in [-0.05, 0) is 18.2 Å². The van der Waals surface area contributed by atoms with Gasteiger partial charge in [0.1, 0.15) is 6.04 Å². The van der Waals surface area contributed by atoms with Gasteiger partial charge in [-0.1, -0.05) is 0 Å². The van der Waals surface area contributed by atoms with E-state index in [9.17, 15) is 24.6 Å². The number of carboxylic acid groups (broad SMARTS) is 2. The second-order valence-corrected chi connectivity index (χ2v) is 8.28. The Morgan fingerprint density at radius 1 is 1.03 bits per heavy atom. The summed E-state index contributed by atoms with van der Waals surface area (Å²) in [6.45, 7) is 4.85. The van der Waals surface area contributed by atoms with E-state index in [0.717, 1.165) is 5.52 Å². The molecule has 0 bridgehead atoms. The predicted molar refractivity (Wildman–Crippen MR) is 116 cm³/mol.